The van der Waals surface area contributed by atoms with Gasteiger partial charge in [0.15, 0.2) is 4.34 Å². The highest BCUT2D eigenvalue weighted by Crippen LogP contribution is 2.35. The van der Waals surface area contributed by atoms with E-state index in [0.29, 0.717) is 4.90 Å². The van der Waals surface area contributed by atoms with Gasteiger partial charge in [0.05, 0.1) is 5.56 Å². The first kappa shape index (κ1) is 15.5. The molecule has 4 nitrogen and oxygen atoms in total. The predicted molar refractivity (Wildman–Crippen MR) is 83.8 cm³/mol. The Morgan fingerprint density at radius 3 is 2.65 bits per heavy atom. The van der Waals surface area contributed by atoms with Crippen LogP contribution in [0.5, 0.6) is 0 Å². The lowest BCUT2D eigenvalue weighted by atomic mass is 9.96. The highest BCUT2D eigenvalue weighted by Gasteiger charge is 2.21. The van der Waals surface area contributed by atoms with Gasteiger partial charge in [-0.3, -0.25) is 0 Å². The molecule has 1 aromatic heterocycles. The van der Waals surface area contributed by atoms with Crippen LogP contribution in [0.4, 0.5) is 0 Å². The topological polar surface area (TPSA) is 63.1 Å². The van der Waals surface area contributed by atoms with Crippen molar-refractivity contribution in [3.05, 3.63) is 34.1 Å². The first-order valence-corrected chi connectivity index (χ1v) is 8.20. The van der Waals surface area contributed by atoms with Gasteiger partial charge in [-0.1, -0.05) is 48.5 Å². The second kappa shape index (κ2) is 5.83. The molecule has 0 spiro atoms. The van der Waals surface area contributed by atoms with Crippen molar-refractivity contribution in [2.75, 3.05) is 0 Å². The van der Waals surface area contributed by atoms with E-state index in [1.54, 1.807) is 18.2 Å². The van der Waals surface area contributed by atoms with Gasteiger partial charge in [0.1, 0.15) is 5.82 Å². The molecule has 106 valence electrons. The maximum atomic E-state index is 11.2. The summed E-state index contributed by atoms with van der Waals surface area (Å²) in [5, 5.41) is 9.21. The number of carboxylic acid groups (broad SMARTS) is 1. The van der Waals surface area contributed by atoms with Gasteiger partial charge >= 0.3 is 5.97 Å². The first-order chi connectivity index (χ1) is 9.27. The van der Waals surface area contributed by atoms with Crippen LogP contribution < -0.4 is 0 Å². The lowest BCUT2D eigenvalue weighted by molar-refractivity contribution is 0.0693. The monoisotopic (exact) mass is 372 g/mol. The molecule has 2 aromatic rings. The van der Waals surface area contributed by atoms with Gasteiger partial charge in [-0.2, -0.15) is 4.37 Å². The molecule has 0 atom stereocenters. The minimum absolute atomic E-state index is 0.109. The number of hydrogen-bond acceptors (Lipinski definition) is 5. The summed E-state index contributed by atoms with van der Waals surface area (Å²) in [6.45, 7) is 6.14. The number of nitrogens with zero attached hydrogens (tertiary/aromatic N) is 2. The SMILES string of the molecule is CC(C)(C)c1nsc(Sc2cc(Br)ccc2C(=O)O)n1. The van der Waals surface area contributed by atoms with Crippen molar-refractivity contribution in [3.63, 3.8) is 0 Å². The number of benzene rings is 1. The molecule has 0 saturated carbocycles. The normalized spacial score (nSPS) is 11.6. The van der Waals surface area contributed by atoms with Crippen molar-refractivity contribution in [3.8, 4) is 0 Å². The zero-order valence-corrected chi connectivity index (χ0v) is 14.4. The molecular formula is C13H13BrN2O2S2. The second-order valence-corrected chi connectivity index (χ2v) is 8.14. The van der Waals surface area contributed by atoms with Gasteiger partial charge < -0.3 is 5.11 Å². The van der Waals surface area contributed by atoms with Crippen molar-refractivity contribution >= 4 is 45.2 Å². The Bertz CT molecular complexity index is 650. The number of carboxylic acids is 1. The fraction of sp³-hybridized carbons (Fsp3) is 0.308. The molecule has 1 N–H and O–H groups in total. The van der Waals surface area contributed by atoms with E-state index in [2.05, 4.69) is 25.3 Å². The number of carbonyl (C=O) groups is 1. The molecule has 0 radical (unpaired) electrons. The number of aromatic nitrogens is 2. The summed E-state index contributed by atoms with van der Waals surface area (Å²) in [5.74, 6) is -0.169. The van der Waals surface area contributed by atoms with Gasteiger partial charge in [0, 0.05) is 14.8 Å². The molecule has 2 rings (SSSR count). The van der Waals surface area contributed by atoms with Crippen molar-refractivity contribution in [1.29, 1.82) is 0 Å². The standard InChI is InChI=1S/C13H13BrN2O2S2/c1-13(2,3)11-15-12(20-16-11)19-9-6-7(14)4-5-8(9)10(17)18/h4-6H,1-3H3,(H,17,18). The number of halogens is 1. The Balaban J connectivity index is 2.32. The highest BCUT2D eigenvalue weighted by atomic mass is 79.9. The largest absolute Gasteiger partial charge is 0.478 e. The number of rotatable bonds is 3. The summed E-state index contributed by atoms with van der Waals surface area (Å²) in [6.07, 6.45) is 0. The van der Waals surface area contributed by atoms with Crippen molar-refractivity contribution < 1.29 is 9.90 Å². The van der Waals surface area contributed by atoms with Crippen LogP contribution in [0.3, 0.4) is 0 Å². The summed E-state index contributed by atoms with van der Waals surface area (Å²) in [6, 6.07) is 5.08. The third kappa shape index (κ3) is 3.59. The third-order valence-corrected chi connectivity index (χ3v) is 4.75. The smallest absolute Gasteiger partial charge is 0.336 e. The Hall–Kier alpha value is -0.920. The number of aromatic carboxylic acids is 1. The molecule has 0 aliphatic heterocycles. The van der Waals surface area contributed by atoms with Crippen molar-refractivity contribution in [2.24, 2.45) is 0 Å². The van der Waals surface area contributed by atoms with Crippen molar-refractivity contribution in [2.45, 2.75) is 35.4 Å². The van der Waals surface area contributed by atoms with Crippen LogP contribution in [-0.2, 0) is 5.41 Å². The van der Waals surface area contributed by atoms with Crippen LogP contribution in [0, 0.1) is 0 Å². The molecule has 7 heteroatoms. The van der Waals surface area contributed by atoms with E-state index in [9.17, 15) is 9.90 Å². The number of hydrogen-bond donors (Lipinski definition) is 1. The Kier molecular flexibility index (Phi) is 4.51. The maximum Gasteiger partial charge on any atom is 0.336 e. The van der Waals surface area contributed by atoms with E-state index in [4.69, 9.17) is 0 Å². The van der Waals surface area contributed by atoms with Crippen LogP contribution in [0.2, 0.25) is 0 Å². The van der Waals surface area contributed by atoms with Gasteiger partial charge in [-0.05, 0) is 29.7 Å². The third-order valence-electron chi connectivity index (χ3n) is 2.45. The second-order valence-electron chi connectivity index (χ2n) is 5.18. The molecule has 0 fully saturated rings. The van der Waals surface area contributed by atoms with E-state index >= 15 is 0 Å². The minimum Gasteiger partial charge on any atom is -0.478 e. The Morgan fingerprint density at radius 2 is 2.10 bits per heavy atom. The van der Waals surface area contributed by atoms with E-state index in [-0.39, 0.29) is 11.0 Å². The van der Waals surface area contributed by atoms with Crippen LogP contribution in [0.25, 0.3) is 0 Å². The molecular weight excluding hydrogens is 360 g/mol. The van der Waals surface area contributed by atoms with E-state index in [1.165, 1.54) is 23.3 Å². The summed E-state index contributed by atoms with van der Waals surface area (Å²) in [7, 11) is 0. The van der Waals surface area contributed by atoms with Gasteiger partial charge in [0.2, 0.25) is 0 Å². The van der Waals surface area contributed by atoms with E-state index in [1.807, 2.05) is 20.8 Å². The minimum atomic E-state index is -0.944. The zero-order valence-electron chi connectivity index (χ0n) is 11.2. The van der Waals surface area contributed by atoms with Crippen LogP contribution in [0.15, 0.2) is 31.9 Å². The Morgan fingerprint density at radius 1 is 1.40 bits per heavy atom. The predicted octanol–water partition coefficient (Wildman–Crippen LogP) is 4.45. The molecule has 20 heavy (non-hydrogen) atoms. The average Bonchev–Trinajstić information content (AvgIpc) is 2.76. The van der Waals surface area contributed by atoms with Gasteiger partial charge in [0.25, 0.3) is 0 Å². The highest BCUT2D eigenvalue weighted by molar-refractivity contribution is 9.10. The first-order valence-electron chi connectivity index (χ1n) is 5.82. The average molecular weight is 373 g/mol. The van der Waals surface area contributed by atoms with E-state index in [0.717, 1.165) is 14.6 Å². The van der Waals surface area contributed by atoms with Crippen LogP contribution in [0.1, 0.15) is 37.0 Å². The molecule has 1 aromatic carbocycles. The lowest BCUT2D eigenvalue weighted by Crippen LogP contribution is -2.12. The Labute approximate surface area is 133 Å². The summed E-state index contributed by atoms with van der Waals surface area (Å²) >= 11 is 5.98. The van der Waals surface area contributed by atoms with Gasteiger partial charge in [-0.25, -0.2) is 9.78 Å². The molecule has 0 aliphatic rings. The lowest BCUT2D eigenvalue weighted by Gasteiger charge is -2.12. The molecule has 0 saturated heterocycles. The molecule has 0 unspecified atom stereocenters. The fourth-order valence-corrected chi connectivity index (χ4v) is 3.83. The fourth-order valence-electron chi connectivity index (χ4n) is 1.41. The molecule has 0 amide bonds. The maximum absolute atomic E-state index is 11.2. The summed E-state index contributed by atoms with van der Waals surface area (Å²) in [5.41, 5.74) is 0.160. The summed E-state index contributed by atoms with van der Waals surface area (Å²) < 4.78 is 5.92. The molecule has 0 bridgehead atoms. The van der Waals surface area contributed by atoms with E-state index < -0.39 is 5.97 Å². The van der Waals surface area contributed by atoms with Crippen molar-refractivity contribution in [1.82, 2.24) is 9.36 Å². The van der Waals surface area contributed by atoms with Gasteiger partial charge in [-0.15, -0.1) is 0 Å². The van der Waals surface area contributed by atoms with Crippen LogP contribution in [-0.4, -0.2) is 20.4 Å². The molecule has 0 aliphatic carbocycles. The van der Waals surface area contributed by atoms with Crippen LogP contribution >= 0.6 is 39.2 Å². The zero-order chi connectivity index (χ0) is 14.9. The quantitative estimate of drug-likeness (QED) is 0.861. The summed E-state index contributed by atoms with van der Waals surface area (Å²) in [4.78, 5) is 16.4. The molecule has 1 heterocycles.